The van der Waals surface area contributed by atoms with Crippen LogP contribution >= 0.6 is 11.8 Å². The number of carbonyl (C=O) groups is 3. The highest BCUT2D eigenvalue weighted by molar-refractivity contribution is 7.99. The average Bonchev–Trinajstić information content (AvgIpc) is 2.79. The van der Waals surface area contributed by atoms with Crippen LogP contribution in [0.15, 0.2) is 23.1 Å². The lowest BCUT2D eigenvalue weighted by Gasteiger charge is -2.33. The number of thioether (sulfide) groups is 1. The smallest absolute Gasteiger partial charge is 0.338 e. The summed E-state index contributed by atoms with van der Waals surface area (Å²) in [5.74, 6) is -0.0555. The van der Waals surface area contributed by atoms with Gasteiger partial charge in [0, 0.05) is 29.7 Å². The van der Waals surface area contributed by atoms with Crippen molar-refractivity contribution in [1.82, 2.24) is 4.90 Å². The Morgan fingerprint density at radius 3 is 3.00 bits per heavy atom. The van der Waals surface area contributed by atoms with Crippen LogP contribution < -0.4 is 5.32 Å². The van der Waals surface area contributed by atoms with Gasteiger partial charge in [0.25, 0.3) is 5.91 Å². The van der Waals surface area contributed by atoms with Gasteiger partial charge in [-0.3, -0.25) is 9.59 Å². The molecule has 0 spiro atoms. The third kappa shape index (κ3) is 4.34. The maximum Gasteiger partial charge on any atom is 0.338 e. The van der Waals surface area contributed by atoms with Gasteiger partial charge in [0.15, 0.2) is 6.61 Å². The molecule has 0 aromatic heterocycles. The lowest BCUT2D eigenvalue weighted by Crippen LogP contribution is -2.44. The molecule has 2 heterocycles. The number of benzene rings is 1. The molecule has 1 atom stereocenters. The summed E-state index contributed by atoms with van der Waals surface area (Å²) in [4.78, 5) is 38.9. The first-order valence-electron chi connectivity index (χ1n) is 8.58. The fourth-order valence-electron chi connectivity index (χ4n) is 3.11. The van der Waals surface area contributed by atoms with Gasteiger partial charge >= 0.3 is 5.97 Å². The maximum atomic E-state index is 12.3. The number of anilines is 1. The van der Waals surface area contributed by atoms with Crippen molar-refractivity contribution in [2.75, 3.05) is 24.2 Å². The highest BCUT2D eigenvalue weighted by Crippen LogP contribution is 2.31. The third-order valence-corrected chi connectivity index (χ3v) is 5.60. The van der Waals surface area contributed by atoms with Crippen LogP contribution in [-0.2, 0) is 14.3 Å². The monoisotopic (exact) mass is 362 g/mol. The van der Waals surface area contributed by atoms with E-state index in [2.05, 4.69) is 5.32 Å². The molecule has 3 rings (SSSR count). The van der Waals surface area contributed by atoms with Crippen molar-refractivity contribution >= 4 is 35.2 Å². The Bertz CT molecular complexity index is 692. The van der Waals surface area contributed by atoms with E-state index in [1.54, 1.807) is 34.9 Å². The van der Waals surface area contributed by atoms with Crippen LogP contribution in [0.25, 0.3) is 0 Å². The van der Waals surface area contributed by atoms with Crippen LogP contribution in [-0.4, -0.2) is 47.6 Å². The molecule has 0 radical (unpaired) electrons. The largest absolute Gasteiger partial charge is 0.452 e. The number of nitrogens with zero attached hydrogens (tertiary/aromatic N) is 1. The highest BCUT2D eigenvalue weighted by atomic mass is 32.2. The van der Waals surface area contributed by atoms with Crippen LogP contribution in [0.2, 0.25) is 0 Å². The summed E-state index contributed by atoms with van der Waals surface area (Å²) < 4.78 is 5.19. The molecule has 25 heavy (non-hydrogen) atoms. The molecule has 0 aliphatic carbocycles. The SMILES string of the molecule is C[C@H]1CCCCN1C(=O)COC(=O)c1ccc2c(c1)NC(=O)CCS2. The lowest BCUT2D eigenvalue weighted by molar-refractivity contribution is -0.137. The normalized spacial score (nSPS) is 20.3. The number of fused-ring (bicyclic) bond motifs is 1. The molecular weight excluding hydrogens is 340 g/mol. The van der Waals surface area contributed by atoms with Gasteiger partial charge in [-0.15, -0.1) is 11.8 Å². The van der Waals surface area contributed by atoms with Crippen molar-refractivity contribution in [3.05, 3.63) is 23.8 Å². The molecule has 0 saturated carbocycles. The molecule has 1 aromatic rings. The van der Waals surface area contributed by atoms with Crippen LogP contribution in [0.4, 0.5) is 5.69 Å². The number of likely N-dealkylation sites (tertiary alicyclic amines) is 1. The first-order valence-corrected chi connectivity index (χ1v) is 9.56. The number of piperidine rings is 1. The number of amides is 2. The molecule has 2 aliphatic rings. The van der Waals surface area contributed by atoms with Gasteiger partial charge in [-0.05, 0) is 44.4 Å². The van der Waals surface area contributed by atoms with Crippen molar-refractivity contribution < 1.29 is 19.1 Å². The Morgan fingerprint density at radius 2 is 2.20 bits per heavy atom. The van der Waals surface area contributed by atoms with E-state index in [1.165, 1.54) is 0 Å². The van der Waals surface area contributed by atoms with Crippen LogP contribution in [0, 0.1) is 0 Å². The molecule has 7 heteroatoms. The van der Waals surface area contributed by atoms with E-state index < -0.39 is 5.97 Å². The van der Waals surface area contributed by atoms with Crippen molar-refractivity contribution in [3.63, 3.8) is 0 Å². The van der Waals surface area contributed by atoms with Crippen LogP contribution in [0.3, 0.4) is 0 Å². The summed E-state index contributed by atoms with van der Waals surface area (Å²) in [6.45, 7) is 2.49. The Balaban J connectivity index is 1.61. The fourth-order valence-corrected chi connectivity index (χ4v) is 4.05. The summed E-state index contributed by atoms with van der Waals surface area (Å²) in [5.41, 5.74) is 0.957. The summed E-state index contributed by atoms with van der Waals surface area (Å²) >= 11 is 1.57. The second-order valence-corrected chi connectivity index (χ2v) is 7.50. The molecular formula is C18H22N2O4S. The van der Waals surface area contributed by atoms with Gasteiger partial charge in [0.05, 0.1) is 11.3 Å². The number of hydrogen-bond acceptors (Lipinski definition) is 5. The molecule has 0 unspecified atom stereocenters. The minimum Gasteiger partial charge on any atom is -0.452 e. The zero-order valence-corrected chi connectivity index (χ0v) is 15.1. The second-order valence-electron chi connectivity index (χ2n) is 6.37. The van der Waals surface area contributed by atoms with Gasteiger partial charge < -0.3 is 15.0 Å². The number of hydrogen-bond donors (Lipinski definition) is 1. The van der Waals surface area contributed by atoms with Crippen molar-refractivity contribution in [1.29, 1.82) is 0 Å². The molecule has 1 fully saturated rings. The van der Waals surface area contributed by atoms with Gasteiger partial charge in [-0.1, -0.05) is 0 Å². The van der Waals surface area contributed by atoms with E-state index in [4.69, 9.17) is 4.74 Å². The molecule has 6 nitrogen and oxygen atoms in total. The van der Waals surface area contributed by atoms with E-state index in [9.17, 15) is 14.4 Å². The highest BCUT2D eigenvalue weighted by Gasteiger charge is 2.24. The van der Waals surface area contributed by atoms with Gasteiger partial charge in [-0.25, -0.2) is 4.79 Å². The van der Waals surface area contributed by atoms with E-state index in [0.717, 1.165) is 30.7 Å². The molecule has 2 amide bonds. The van der Waals surface area contributed by atoms with E-state index in [-0.39, 0.29) is 24.5 Å². The van der Waals surface area contributed by atoms with Gasteiger partial charge in [0.1, 0.15) is 0 Å². The Kier molecular flexibility index (Phi) is 5.63. The molecule has 1 N–H and O–H groups in total. The Labute approximate surface area is 151 Å². The molecule has 2 aliphatic heterocycles. The second kappa shape index (κ2) is 7.91. The zero-order chi connectivity index (χ0) is 17.8. The Hall–Kier alpha value is -2.02. The Morgan fingerprint density at radius 1 is 1.36 bits per heavy atom. The predicted octanol–water partition coefficient (Wildman–Crippen LogP) is 2.68. The topological polar surface area (TPSA) is 75.7 Å². The van der Waals surface area contributed by atoms with E-state index >= 15 is 0 Å². The minimum atomic E-state index is -0.552. The fraction of sp³-hybridized carbons (Fsp3) is 0.500. The molecule has 1 aromatic carbocycles. The molecule has 0 bridgehead atoms. The summed E-state index contributed by atoms with van der Waals surface area (Å²) in [5, 5.41) is 2.80. The van der Waals surface area contributed by atoms with Crippen LogP contribution in [0.5, 0.6) is 0 Å². The van der Waals surface area contributed by atoms with Crippen molar-refractivity contribution in [3.8, 4) is 0 Å². The predicted molar refractivity (Wildman–Crippen MR) is 95.7 cm³/mol. The number of nitrogens with one attached hydrogen (secondary N) is 1. The van der Waals surface area contributed by atoms with Crippen molar-refractivity contribution in [2.24, 2.45) is 0 Å². The summed E-state index contributed by atoms with van der Waals surface area (Å²) in [6, 6.07) is 5.28. The quantitative estimate of drug-likeness (QED) is 0.837. The maximum absolute atomic E-state index is 12.3. The third-order valence-electron chi connectivity index (χ3n) is 4.53. The number of carbonyl (C=O) groups excluding carboxylic acids is 3. The van der Waals surface area contributed by atoms with Gasteiger partial charge in [0.2, 0.25) is 5.91 Å². The zero-order valence-electron chi connectivity index (χ0n) is 14.2. The standard InChI is InChI=1S/C18H22N2O4S/c1-12-4-2-3-8-20(12)17(22)11-24-18(23)13-5-6-15-14(10-13)19-16(21)7-9-25-15/h5-6,10,12H,2-4,7-9,11H2,1H3,(H,19,21)/t12-/m0/s1. The number of ether oxygens (including phenoxy) is 1. The van der Waals surface area contributed by atoms with E-state index in [0.29, 0.717) is 23.4 Å². The van der Waals surface area contributed by atoms with Crippen molar-refractivity contribution in [2.45, 2.75) is 43.5 Å². The first kappa shape index (κ1) is 17.8. The molecule has 134 valence electrons. The summed E-state index contributed by atoms with van der Waals surface area (Å²) in [6.07, 6.45) is 3.55. The average molecular weight is 362 g/mol. The van der Waals surface area contributed by atoms with E-state index in [1.807, 2.05) is 6.92 Å². The van der Waals surface area contributed by atoms with Crippen LogP contribution in [0.1, 0.15) is 43.0 Å². The van der Waals surface area contributed by atoms with Gasteiger partial charge in [-0.2, -0.15) is 0 Å². The lowest BCUT2D eigenvalue weighted by atomic mass is 10.0. The minimum absolute atomic E-state index is 0.0639. The number of esters is 1. The first-order chi connectivity index (χ1) is 12.0. The molecule has 1 saturated heterocycles. The number of rotatable bonds is 3. The summed E-state index contributed by atoms with van der Waals surface area (Å²) in [7, 11) is 0.